The van der Waals surface area contributed by atoms with E-state index >= 15 is 0 Å². The predicted octanol–water partition coefficient (Wildman–Crippen LogP) is 2.71. The number of unbranched alkanes of at least 4 members (excludes halogenated alkanes) is 1. The highest BCUT2D eigenvalue weighted by Crippen LogP contribution is 2.10. The molecule has 0 saturated carbocycles. The van der Waals surface area contributed by atoms with Gasteiger partial charge in [0.05, 0.1) is 0 Å². The molecule has 1 atom stereocenters. The lowest BCUT2D eigenvalue weighted by Crippen LogP contribution is -2.30. The van der Waals surface area contributed by atoms with Gasteiger partial charge in [0.15, 0.2) is 0 Å². The van der Waals surface area contributed by atoms with Crippen molar-refractivity contribution in [2.75, 3.05) is 19.6 Å². The maximum atomic E-state index is 11.3. The maximum Gasteiger partial charge on any atom is 0.221 e. The molecule has 3 heteroatoms. The van der Waals surface area contributed by atoms with Gasteiger partial charge in [-0.1, -0.05) is 40.0 Å². The van der Waals surface area contributed by atoms with Crippen molar-refractivity contribution in [3.05, 3.63) is 0 Å². The van der Waals surface area contributed by atoms with Gasteiger partial charge in [0.1, 0.15) is 0 Å². The third kappa shape index (κ3) is 10.3. The molecule has 0 aromatic carbocycles. The largest absolute Gasteiger partial charge is 0.356 e. The Balaban J connectivity index is 3.44. The molecule has 0 spiro atoms. The van der Waals surface area contributed by atoms with Gasteiger partial charge < -0.3 is 10.6 Å². The Bertz CT molecular complexity index is 183. The molecule has 0 fully saturated rings. The highest BCUT2D eigenvalue weighted by atomic mass is 16.1. The monoisotopic (exact) mass is 242 g/mol. The van der Waals surface area contributed by atoms with Gasteiger partial charge >= 0.3 is 0 Å². The van der Waals surface area contributed by atoms with Crippen LogP contribution in [0.2, 0.25) is 0 Å². The first-order chi connectivity index (χ1) is 8.24. The number of rotatable bonds is 11. The summed E-state index contributed by atoms with van der Waals surface area (Å²) in [6.07, 6.45) is 6.74. The Morgan fingerprint density at radius 1 is 1.12 bits per heavy atom. The van der Waals surface area contributed by atoms with Gasteiger partial charge in [-0.2, -0.15) is 0 Å². The lowest BCUT2D eigenvalue weighted by molar-refractivity contribution is -0.120. The molecule has 0 aliphatic heterocycles. The number of hydrogen-bond acceptors (Lipinski definition) is 2. The van der Waals surface area contributed by atoms with Gasteiger partial charge in [-0.3, -0.25) is 4.79 Å². The lowest BCUT2D eigenvalue weighted by atomic mass is 9.99. The smallest absolute Gasteiger partial charge is 0.221 e. The number of amides is 1. The summed E-state index contributed by atoms with van der Waals surface area (Å²) < 4.78 is 0. The Morgan fingerprint density at radius 2 is 1.88 bits per heavy atom. The van der Waals surface area contributed by atoms with E-state index in [2.05, 4.69) is 31.4 Å². The van der Waals surface area contributed by atoms with Crippen LogP contribution in [0.15, 0.2) is 0 Å². The molecule has 0 aromatic heterocycles. The Kier molecular flexibility index (Phi) is 11.5. The molecule has 102 valence electrons. The summed E-state index contributed by atoms with van der Waals surface area (Å²) in [5, 5.41) is 6.28. The molecule has 2 N–H and O–H groups in total. The van der Waals surface area contributed by atoms with Gasteiger partial charge in [-0.25, -0.2) is 0 Å². The second kappa shape index (κ2) is 11.9. The average Bonchev–Trinajstić information content (AvgIpc) is 2.35. The first-order valence-corrected chi connectivity index (χ1v) is 7.21. The standard InChI is InChI=1S/C14H30N2O/c1-4-7-8-13(6-3)12-15-11-9-14(17)16-10-5-2/h13,15H,4-12H2,1-3H3,(H,16,17). The van der Waals surface area contributed by atoms with Crippen molar-refractivity contribution in [2.45, 2.75) is 59.3 Å². The summed E-state index contributed by atoms with van der Waals surface area (Å²) in [4.78, 5) is 11.3. The van der Waals surface area contributed by atoms with Crippen LogP contribution in [0.1, 0.15) is 59.3 Å². The van der Waals surface area contributed by atoms with Crippen LogP contribution in [0.3, 0.4) is 0 Å². The summed E-state index contributed by atoms with van der Waals surface area (Å²) in [7, 11) is 0. The topological polar surface area (TPSA) is 41.1 Å². The zero-order valence-corrected chi connectivity index (χ0v) is 11.8. The third-order valence-corrected chi connectivity index (χ3v) is 3.08. The summed E-state index contributed by atoms with van der Waals surface area (Å²) in [6.45, 7) is 9.20. The number of carbonyl (C=O) groups excluding carboxylic acids is 1. The summed E-state index contributed by atoms with van der Waals surface area (Å²) in [6, 6.07) is 0. The number of nitrogens with one attached hydrogen (secondary N) is 2. The fourth-order valence-electron chi connectivity index (χ4n) is 1.80. The third-order valence-electron chi connectivity index (χ3n) is 3.08. The van der Waals surface area contributed by atoms with Crippen LogP contribution in [0.25, 0.3) is 0 Å². The van der Waals surface area contributed by atoms with Crippen molar-refractivity contribution in [3.63, 3.8) is 0 Å². The molecule has 0 rings (SSSR count). The van der Waals surface area contributed by atoms with Crippen molar-refractivity contribution in [1.29, 1.82) is 0 Å². The lowest BCUT2D eigenvalue weighted by Gasteiger charge is -2.15. The van der Waals surface area contributed by atoms with Crippen molar-refractivity contribution in [1.82, 2.24) is 10.6 Å². The van der Waals surface area contributed by atoms with Gasteiger partial charge in [-0.15, -0.1) is 0 Å². The van der Waals surface area contributed by atoms with Crippen LogP contribution in [0.4, 0.5) is 0 Å². The van der Waals surface area contributed by atoms with E-state index < -0.39 is 0 Å². The van der Waals surface area contributed by atoms with E-state index in [0.29, 0.717) is 6.42 Å². The van der Waals surface area contributed by atoms with Gasteiger partial charge in [-0.05, 0) is 25.3 Å². The summed E-state index contributed by atoms with van der Waals surface area (Å²) in [5.74, 6) is 0.939. The van der Waals surface area contributed by atoms with Crippen molar-refractivity contribution in [2.24, 2.45) is 5.92 Å². The number of carbonyl (C=O) groups is 1. The van der Waals surface area contributed by atoms with Gasteiger partial charge in [0, 0.05) is 19.5 Å². The zero-order chi connectivity index (χ0) is 12.9. The van der Waals surface area contributed by atoms with Gasteiger partial charge in [0.25, 0.3) is 0 Å². The number of hydrogen-bond donors (Lipinski definition) is 2. The van der Waals surface area contributed by atoms with Gasteiger partial charge in [0.2, 0.25) is 5.91 Å². The Labute approximate surface area is 107 Å². The second-order valence-electron chi connectivity index (χ2n) is 4.72. The van der Waals surface area contributed by atoms with Crippen molar-refractivity contribution >= 4 is 5.91 Å². The normalized spacial score (nSPS) is 12.4. The van der Waals surface area contributed by atoms with Crippen molar-refractivity contribution in [3.8, 4) is 0 Å². The quantitative estimate of drug-likeness (QED) is 0.547. The van der Waals surface area contributed by atoms with Crippen LogP contribution < -0.4 is 10.6 Å². The van der Waals surface area contributed by atoms with E-state index in [4.69, 9.17) is 0 Å². The van der Waals surface area contributed by atoms with E-state index in [1.807, 2.05) is 0 Å². The average molecular weight is 242 g/mol. The SMILES string of the molecule is CCCCC(CC)CNCCC(=O)NCCC. The van der Waals surface area contributed by atoms with E-state index in [0.717, 1.165) is 32.0 Å². The molecule has 0 aromatic rings. The first kappa shape index (κ1) is 16.4. The fourth-order valence-corrected chi connectivity index (χ4v) is 1.80. The van der Waals surface area contributed by atoms with E-state index in [-0.39, 0.29) is 5.91 Å². The minimum absolute atomic E-state index is 0.168. The van der Waals surface area contributed by atoms with E-state index in [1.165, 1.54) is 25.7 Å². The molecule has 0 aliphatic rings. The van der Waals surface area contributed by atoms with Crippen LogP contribution in [0.5, 0.6) is 0 Å². The molecule has 3 nitrogen and oxygen atoms in total. The molecule has 1 amide bonds. The minimum Gasteiger partial charge on any atom is -0.356 e. The Hall–Kier alpha value is -0.570. The van der Waals surface area contributed by atoms with E-state index in [9.17, 15) is 4.79 Å². The molecule has 17 heavy (non-hydrogen) atoms. The van der Waals surface area contributed by atoms with Crippen LogP contribution in [-0.4, -0.2) is 25.5 Å². The summed E-state index contributed by atoms with van der Waals surface area (Å²) in [5.41, 5.74) is 0. The zero-order valence-electron chi connectivity index (χ0n) is 11.8. The molecular weight excluding hydrogens is 212 g/mol. The predicted molar refractivity (Wildman–Crippen MR) is 74.1 cm³/mol. The molecule has 0 saturated heterocycles. The molecule has 0 aliphatic carbocycles. The van der Waals surface area contributed by atoms with Crippen LogP contribution >= 0.6 is 0 Å². The van der Waals surface area contributed by atoms with E-state index in [1.54, 1.807) is 0 Å². The molecule has 1 unspecified atom stereocenters. The van der Waals surface area contributed by atoms with Crippen molar-refractivity contribution < 1.29 is 4.79 Å². The molecular formula is C14H30N2O. The minimum atomic E-state index is 0.168. The highest BCUT2D eigenvalue weighted by Gasteiger charge is 2.05. The fraction of sp³-hybridized carbons (Fsp3) is 0.929. The highest BCUT2D eigenvalue weighted by molar-refractivity contribution is 5.75. The first-order valence-electron chi connectivity index (χ1n) is 7.21. The second-order valence-corrected chi connectivity index (χ2v) is 4.72. The molecule has 0 radical (unpaired) electrons. The summed E-state index contributed by atoms with van der Waals surface area (Å²) >= 11 is 0. The van der Waals surface area contributed by atoms with Crippen LogP contribution in [0, 0.1) is 5.92 Å². The molecule has 0 heterocycles. The Morgan fingerprint density at radius 3 is 2.47 bits per heavy atom. The maximum absolute atomic E-state index is 11.3. The van der Waals surface area contributed by atoms with Crippen LogP contribution in [-0.2, 0) is 4.79 Å². The molecule has 0 bridgehead atoms.